The van der Waals surface area contributed by atoms with Gasteiger partial charge in [0.2, 0.25) is 0 Å². The third-order valence-electron chi connectivity index (χ3n) is 5.25. The number of benzene rings is 1. The summed E-state index contributed by atoms with van der Waals surface area (Å²) >= 11 is 0. The molecule has 116 valence electrons. The van der Waals surface area contributed by atoms with Crippen molar-refractivity contribution in [3.63, 3.8) is 0 Å². The summed E-state index contributed by atoms with van der Waals surface area (Å²) in [5, 5.41) is 3.66. The lowest BCUT2D eigenvalue weighted by atomic mass is 9.86. The zero-order valence-corrected chi connectivity index (χ0v) is 13.6. The molecule has 1 aliphatic heterocycles. The van der Waals surface area contributed by atoms with E-state index >= 15 is 0 Å². The van der Waals surface area contributed by atoms with Gasteiger partial charge in [-0.15, -0.1) is 0 Å². The van der Waals surface area contributed by atoms with E-state index in [1.54, 1.807) is 0 Å². The topological polar surface area (TPSA) is 21.3 Å². The second-order valence-electron chi connectivity index (χ2n) is 7.00. The third-order valence-corrected chi connectivity index (χ3v) is 5.25. The van der Waals surface area contributed by atoms with Crippen LogP contribution in [0.4, 0.5) is 0 Å². The van der Waals surface area contributed by atoms with E-state index in [0.717, 1.165) is 24.7 Å². The number of hydrogen-bond donors (Lipinski definition) is 1. The van der Waals surface area contributed by atoms with Crippen LogP contribution in [0.3, 0.4) is 0 Å². The first-order valence-corrected chi connectivity index (χ1v) is 8.68. The Bertz CT molecular complexity index is 473. The molecular formula is C19H29NO. The zero-order valence-electron chi connectivity index (χ0n) is 13.6. The molecule has 1 atom stereocenters. The minimum atomic E-state index is 0.631. The molecule has 21 heavy (non-hydrogen) atoms. The molecule has 2 nitrogen and oxygen atoms in total. The Labute approximate surface area is 129 Å². The lowest BCUT2D eigenvalue weighted by Gasteiger charge is -2.27. The van der Waals surface area contributed by atoms with Crippen molar-refractivity contribution in [3.8, 4) is 5.75 Å². The molecule has 2 fully saturated rings. The SMILES string of the molecule is Cc1cc(CC2CCCCN2)c(OCC2CCC2)cc1C. The van der Waals surface area contributed by atoms with Crippen molar-refractivity contribution in [2.45, 2.75) is 64.8 Å². The number of ether oxygens (including phenoxy) is 1. The first-order chi connectivity index (χ1) is 10.2. The Morgan fingerprint density at radius 1 is 1.05 bits per heavy atom. The predicted molar refractivity (Wildman–Crippen MR) is 88.1 cm³/mol. The molecule has 0 radical (unpaired) electrons. The smallest absolute Gasteiger partial charge is 0.122 e. The Balaban J connectivity index is 1.70. The van der Waals surface area contributed by atoms with Crippen LogP contribution in [-0.4, -0.2) is 19.2 Å². The number of piperidine rings is 1. The van der Waals surface area contributed by atoms with E-state index in [4.69, 9.17) is 4.74 Å². The van der Waals surface area contributed by atoms with Crippen molar-refractivity contribution in [1.82, 2.24) is 5.32 Å². The monoisotopic (exact) mass is 287 g/mol. The van der Waals surface area contributed by atoms with Gasteiger partial charge in [0.25, 0.3) is 0 Å². The maximum absolute atomic E-state index is 6.19. The van der Waals surface area contributed by atoms with E-state index in [9.17, 15) is 0 Å². The van der Waals surface area contributed by atoms with E-state index < -0.39 is 0 Å². The van der Waals surface area contributed by atoms with Crippen LogP contribution in [0.15, 0.2) is 12.1 Å². The molecule has 0 amide bonds. The predicted octanol–water partition coefficient (Wildman–Crippen LogP) is 4.17. The van der Waals surface area contributed by atoms with Gasteiger partial charge in [-0.05, 0) is 81.2 Å². The number of rotatable bonds is 5. The molecule has 1 aliphatic carbocycles. The average Bonchev–Trinajstić information content (AvgIpc) is 2.43. The van der Waals surface area contributed by atoms with Gasteiger partial charge in [0, 0.05) is 6.04 Å². The van der Waals surface area contributed by atoms with Crippen LogP contribution in [0.25, 0.3) is 0 Å². The third kappa shape index (κ3) is 3.79. The Morgan fingerprint density at radius 2 is 1.86 bits per heavy atom. The van der Waals surface area contributed by atoms with Crippen molar-refractivity contribution in [3.05, 3.63) is 28.8 Å². The lowest BCUT2D eigenvalue weighted by Crippen LogP contribution is -2.35. The van der Waals surface area contributed by atoms with Crippen molar-refractivity contribution in [2.24, 2.45) is 5.92 Å². The van der Waals surface area contributed by atoms with Crippen molar-refractivity contribution in [2.75, 3.05) is 13.2 Å². The van der Waals surface area contributed by atoms with E-state index in [0.29, 0.717) is 6.04 Å². The molecule has 1 N–H and O–H groups in total. The quantitative estimate of drug-likeness (QED) is 0.877. The maximum Gasteiger partial charge on any atom is 0.122 e. The highest BCUT2D eigenvalue weighted by atomic mass is 16.5. The summed E-state index contributed by atoms with van der Waals surface area (Å²) < 4.78 is 6.19. The van der Waals surface area contributed by atoms with Gasteiger partial charge in [0.15, 0.2) is 0 Å². The fraction of sp³-hybridized carbons (Fsp3) is 0.684. The summed E-state index contributed by atoms with van der Waals surface area (Å²) in [4.78, 5) is 0. The van der Waals surface area contributed by atoms with Gasteiger partial charge in [-0.1, -0.05) is 18.9 Å². The number of aryl methyl sites for hydroxylation is 2. The van der Waals surface area contributed by atoms with Gasteiger partial charge in [-0.3, -0.25) is 0 Å². The standard InChI is InChI=1S/C19H29NO/c1-14-10-17(12-18-8-3-4-9-20-18)19(11-15(14)2)21-13-16-6-5-7-16/h10-11,16,18,20H,3-9,12-13H2,1-2H3. The van der Waals surface area contributed by atoms with Gasteiger partial charge in [0.1, 0.15) is 5.75 Å². The summed E-state index contributed by atoms with van der Waals surface area (Å²) in [5.41, 5.74) is 4.13. The molecule has 1 unspecified atom stereocenters. The molecule has 0 spiro atoms. The van der Waals surface area contributed by atoms with Crippen LogP contribution >= 0.6 is 0 Å². The minimum absolute atomic E-state index is 0.631. The van der Waals surface area contributed by atoms with Crippen LogP contribution in [0.1, 0.15) is 55.2 Å². The molecule has 0 bridgehead atoms. The van der Waals surface area contributed by atoms with E-state index in [1.165, 1.54) is 61.8 Å². The fourth-order valence-corrected chi connectivity index (χ4v) is 3.37. The van der Waals surface area contributed by atoms with E-state index in [2.05, 4.69) is 31.3 Å². The van der Waals surface area contributed by atoms with Crippen molar-refractivity contribution < 1.29 is 4.74 Å². The van der Waals surface area contributed by atoms with Crippen LogP contribution in [0.2, 0.25) is 0 Å². The second-order valence-corrected chi connectivity index (χ2v) is 7.00. The van der Waals surface area contributed by atoms with Gasteiger partial charge in [-0.25, -0.2) is 0 Å². The molecule has 2 aliphatic rings. The number of nitrogens with one attached hydrogen (secondary N) is 1. The molecule has 1 saturated carbocycles. The summed E-state index contributed by atoms with van der Waals surface area (Å²) in [7, 11) is 0. The molecular weight excluding hydrogens is 258 g/mol. The van der Waals surface area contributed by atoms with Gasteiger partial charge >= 0.3 is 0 Å². The molecule has 3 rings (SSSR count). The average molecular weight is 287 g/mol. The van der Waals surface area contributed by atoms with Gasteiger partial charge < -0.3 is 10.1 Å². The lowest BCUT2D eigenvalue weighted by molar-refractivity contribution is 0.179. The first kappa shape index (κ1) is 14.9. The first-order valence-electron chi connectivity index (χ1n) is 8.68. The minimum Gasteiger partial charge on any atom is -0.493 e. The molecule has 1 aromatic carbocycles. The van der Waals surface area contributed by atoms with E-state index in [-0.39, 0.29) is 0 Å². The normalized spacial score (nSPS) is 22.9. The molecule has 0 aromatic heterocycles. The highest BCUT2D eigenvalue weighted by Gasteiger charge is 2.20. The van der Waals surface area contributed by atoms with Crippen LogP contribution in [0.5, 0.6) is 5.75 Å². The Morgan fingerprint density at radius 3 is 2.52 bits per heavy atom. The number of hydrogen-bond acceptors (Lipinski definition) is 2. The molecule has 1 aromatic rings. The fourth-order valence-electron chi connectivity index (χ4n) is 3.37. The molecule has 2 heteroatoms. The second kappa shape index (κ2) is 6.83. The summed E-state index contributed by atoms with van der Waals surface area (Å²) in [6.45, 7) is 6.48. The van der Waals surface area contributed by atoms with E-state index in [1.807, 2.05) is 0 Å². The van der Waals surface area contributed by atoms with Crippen LogP contribution < -0.4 is 10.1 Å². The van der Waals surface area contributed by atoms with Gasteiger partial charge in [-0.2, -0.15) is 0 Å². The maximum atomic E-state index is 6.19. The highest BCUT2D eigenvalue weighted by molar-refractivity contribution is 5.42. The Kier molecular flexibility index (Phi) is 4.84. The zero-order chi connectivity index (χ0) is 14.7. The van der Waals surface area contributed by atoms with Crippen molar-refractivity contribution in [1.29, 1.82) is 0 Å². The summed E-state index contributed by atoms with van der Waals surface area (Å²) in [6, 6.07) is 5.24. The molecule has 1 heterocycles. The van der Waals surface area contributed by atoms with Gasteiger partial charge in [0.05, 0.1) is 6.61 Å². The highest BCUT2D eigenvalue weighted by Crippen LogP contribution is 2.30. The largest absolute Gasteiger partial charge is 0.493 e. The van der Waals surface area contributed by atoms with Crippen LogP contribution in [0, 0.1) is 19.8 Å². The summed E-state index contributed by atoms with van der Waals surface area (Å²) in [6.07, 6.45) is 9.19. The molecule has 1 saturated heterocycles. The van der Waals surface area contributed by atoms with Crippen molar-refractivity contribution >= 4 is 0 Å². The Hall–Kier alpha value is -1.02. The summed E-state index contributed by atoms with van der Waals surface area (Å²) in [5.74, 6) is 1.93. The van der Waals surface area contributed by atoms with Crippen LogP contribution in [-0.2, 0) is 6.42 Å².